The molecule has 0 unspecified atom stereocenters. The van der Waals surface area contributed by atoms with E-state index >= 15 is 0 Å². The largest absolute Gasteiger partial charge is 0.440 e. The van der Waals surface area contributed by atoms with E-state index in [0.29, 0.717) is 17.2 Å². The maximum atomic E-state index is 13.6. The average molecular weight is 287 g/mol. The maximum absolute atomic E-state index is 13.6. The smallest absolute Gasteiger partial charge is 0.194 e. The third kappa shape index (κ3) is 2.51. The summed E-state index contributed by atoms with van der Waals surface area (Å²) in [5.74, 6) is 1.26. The molecule has 0 saturated heterocycles. The van der Waals surface area contributed by atoms with Gasteiger partial charge in [-0.3, -0.25) is 0 Å². The Bertz CT molecular complexity index is 702. The first-order valence-electron chi connectivity index (χ1n) is 6.53. The van der Waals surface area contributed by atoms with Gasteiger partial charge in [0.1, 0.15) is 5.82 Å². The minimum atomic E-state index is -0.171. The van der Waals surface area contributed by atoms with Gasteiger partial charge in [-0.15, -0.1) is 11.3 Å². The van der Waals surface area contributed by atoms with E-state index < -0.39 is 0 Å². The number of oxazole rings is 1. The highest BCUT2D eigenvalue weighted by Crippen LogP contribution is 2.28. The van der Waals surface area contributed by atoms with Crippen LogP contribution in [0.5, 0.6) is 0 Å². The minimum absolute atomic E-state index is 0.171. The molecular formula is C16H14FNOS. The quantitative estimate of drug-likeness (QED) is 0.695. The van der Waals surface area contributed by atoms with E-state index in [-0.39, 0.29) is 5.82 Å². The zero-order valence-corrected chi connectivity index (χ0v) is 11.9. The highest BCUT2D eigenvalue weighted by atomic mass is 32.1. The Morgan fingerprint density at radius 3 is 2.65 bits per heavy atom. The predicted molar refractivity (Wildman–Crippen MR) is 78.4 cm³/mol. The van der Waals surface area contributed by atoms with Crippen LogP contribution in [0.3, 0.4) is 0 Å². The second-order valence-electron chi connectivity index (χ2n) is 4.47. The molecule has 4 heteroatoms. The fraction of sp³-hybridized carbons (Fsp3) is 0.188. The number of hydrogen-bond donors (Lipinski definition) is 0. The zero-order chi connectivity index (χ0) is 13.9. The van der Waals surface area contributed by atoms with Gasteiger partial charge in [-0.05, 0) is 11.4 Å². The summed E-state index contributed by atoms with van der Waals surface area (Å²) in [5, 5.41) is 1.76. The predicted octanol–water partition coefficient (Wildman–Crippen LogP) is 4.70. The van der Waals surface area contributed by atoms with Crippen molar-refractivity contribution in [3.8, 4) is 11.3 Å². The van der Waals surface area contributed by atoms with E-state index in [9.17, 15) is 4.39 Å². The van der Waals surface area contributed by atoms with Crippen LogP contribution in [-0.2, 0) is 12.8 Å². The highest BCUT2D eigenvalue weighted by Gasteiger charge is 2.16. The van der Waals surface area contributed by atoms with Crippen LogP contribution in [0.25, 0.3) is 11.3 Å². The SMILES string of the molecule is CCc1nc(Cc2sccc2F)c(-c2ccccc2)o1. The summed E-state index contributed by atoms with van der Waals surface area (Å²) in [5.41, 5.74) is 1.78. The van der Waals surface area contributed by atoms with Crippen LogP contribution in [0.1, 0.15) is 23.4 Å². The summed E-state index contributed by atoms with van der Waals surface area (Å²) in [6, 6.07) is 11.3. The van der Waals surface area contributed by atoms with Gasteiger partial charge in [-0.2, -0.15) is 0 Å². The summed E-state index contributed by atoms with van der Waals surface area (Å²) in [6.07, 6.45) is 1.20. The number of halogens is 1. The lowest BCUT2D eigenvalue weighted by molar-refractivity contribution is 0.513. The van der Waals surface area contributed by atoms with Crippen LogP contribution in [0, 0.1) is 5.82 Å². The summed E-state index contributed by atoms with van der Waals surface area (Å²) in [4.78, 5) is 5.19. The van der Waals surface area contributed by atoms with Crippen molar-refractivity contribution in [2.24, 2.45) is 0 Å². The molecule has 0 saturated carbocycles. The molecule has 0 fully saturated rings. The van der Waals surface area contributed by atoms with Crippen molar-refractivity contribution in [3.05, 3.63) is 64.1 Å². The Labute approximate surface area is 120 Å². The molecule has 0 atom stereocenters. The molecule has 2 nitrogen and oxygen atoms in total. The molecule has 0 radical (unpaired) electrons. The summed E-state index contributed by atoms with van der Waals surface area (Å²) in [6.45, 7) is 2.00. The van der Waals surface area contributed by atoms with E-state index in [1.807, 2.05) is 37.3 Å². The van der Waals surface area contributed by atoms with E-state index in [0.717, 1.165) is 23.4 Å². The van der Waals surface area contributed by atoms with Gasteiger partial charge in [-0.1, -0.05) is 37.3 Å². The van der Waals surface area contributed by atoms with E-state index in [1.54, 1.807) is 5.38 Å². The number of benzene rings is 1. The zero-order valence-electron chi connectivity index (χ0n) is 11.1. The molecule has 0 spiro atoms. The lowest BCUT2D eigenvalue weighted by Crippen LogP contribution is -1.91. The summed E-state index contributed by atoms with van der Waals surface area (Å²) in [7, 11) is 0. The number of hydrogen-bond acceptors (Lipinski definition) is 3. The van der Waals surface area contributed by atoms with Crippen molar-refractivity contribution in [3.63, 3.8) is 0 Å². The lowest BCUT2D eigenvalue weighted by atomic mass is 10.1. The van der Waals surface area contributed by atoms with Crippen LogP contribution >= 0.6 is 11.3 Å². The molecule has 0 bridgehead atoms. The van der Waals surface area contributed by atoms with Crippen LogP contribution in [0.2, 0.25) is 0 Å². The first-order valence-corrected chi connectivity index (χ1v) is 7.41. The molecule has 2 heterocycles. The van der Waals surface area contributed by atoms with Crippen LogP contribution in [0.15, 0.2) is 46.2 Å². The van der Waals surface area contributed by atoms with Crippen molar-refractivity contribution >= 4 is 11.3 Å². The second-order valence-corrected chi connectivity index (χ2v) is 5.47. The Morgan fingerprint density at radius 1 is 1.20 bits per heavy atom. The maximum Gasteiger partial charge on any atom is 0.194 e. The average Bonchev–Trinajstić information content (AvgIpc) is 3.07. The number of aryl methyl sites for hydroxylation is 1. The molecule has 2 aromatic heterocycles. The molecule has 3 aromatic rings. The Morgan fingerprint density at radius 2 is 2.00 bits per heavy atom. The van der Waals surface area contributed by atoms with E-state index in [2.05, 4.69) is 4.98 Å². The Hall–Kier alpha value is -1.94. The van der Waals surface area contributed by atoms with Gasteiger partial charge < -0.3 is 4.42 Å². The standard InChI is InChI=1S/C16H14FNOS/c1-2-15-18-13(10-14-12(17)8-9-20-14)16(19-15)11-6-4-3-5-7-11/h3-9H,2,10H2,1H3. The van der Waals surface area contributed by atoms with Crippen LogP contribution < -0.4 is 0 Å². The first kappa shape index (κ1) is 13.1. The number of aromatic nitrogens is 1. The van der Waals surface area contributed by atoms with Crippen molar-refractivity contribution < 1.29 is 8.81 Å². The summed E-state index contributed by atoms with van der Waals surface area (Å²) < 4.78 is 19.4. The van der Waals surface area contributed by atoms with Crippen molar-refractivity contribution in [1.82, 2.24) is 4.98 Å². The Kier molecular flexibility index (Phi) is 3.65. The minimum Gasteiger partial charge on any atom is -0.440 e. The molecule has 1 aromatic carbocycles. The topological polar surface area (TPSA) is 26.0 Å². The van der Waals surface area contributed by atoms with Crippen molar-refractivity contribution in [2.45, 2.75) is 19.8 Å². The van der Waals surface area contributed by atoms with Crippen molar-refractivity contribution in [1.29, 1.82) is 0 Å². The van der Waals surface area contributed by atoms with Gasteiger partial charge in [0.15, 0.2) is 11.7 Å². The highest BCUT2D eigenvalue weighted by molar-refractivity contribution is 7.10. The number of nitrogens with zero attached hydrogens (tertiary/aromatic N) is 1. The molecule has 20 heavy (non-hydrogen) atoms. The second kappa shape index (κ2) is 5.59. The van der Waals surface area contributed by atoms with Gasteiger partial charge in [-0.25, -0.2) is 9.37 Å². The molecule has 102 valence electrons. The Balaban J connectivity index is 2.02. The number of rotatable bonds is 4. The molecular weight excluding hydrogens is 273 g/mol. The van der Waals surface area contributed by atoms with Crippen LogP contribution in [-0.4, -0.2) is 4.98 Å². The van der Waals surface area contributed by atoms with Crippen molar-refractivity contribution in [2.75, 3.05) is 0 Å². The third-order valence-electron chi connectivity index (χ3n) is 3.10. The fourth-order valence-electron chi connectivity index (χ4n) is 2.09. The van der Waals surface area contributed by atoms with E-state index in [4.69, 9.17) is 4.42 Å². The van der Waals surface area contributed by atoms with Crippen LogP contribution in [0.4, 0.5) is 4.39 Å². The molecule has 0 amide bonds. The third-order valence-corrected chi connectivity index (χ3v) is 4.00. The van der Waals surface area contributed by atoms with Gasteiger partial charge in [0.05, 0.1) is 5.69 Å². The lowest BCUT2D eigenvalue weighted by Gasteiger charge is -2.00. The van der Waals surface area contributed by atoms with Gasteiger partial charge in [0.2, 0.25) is 0 Å². The van der Waals surface area contributed by atoms with E-state index in [1.165, 1.54) is 17.4 Å². The normalized spacial score (nSPS) is 10.9. The molecule has 0 N–H and O–H groups in total. The fourth-order valence-corrected chi connectivity index (χ4v) is 2.84. The van der Waals surface area contributed by atoms with Gasteiger partial charge in [0, 0.05) is 23.3 Å². The molecule has 3 rings (SSSR count). The molecule has 0 aliphatic rings. The molecule has 0 aliphatic carbocycles. The first-order chi connectivity index (χ1) is 9.78. The summed E-state index contributed by atoms with van der Waals surface area (Å²) >= 11 is 1.41. The molecule has 0 aliphatic heterocycles. The van der Waals surface area contributed by atoms with Gasteiger partial charge in [0.25, 0.3) is 0 Å². The van der Waals surface area contributed by atoms with Gasteiger partial charge >= 0.3 is 0 Å². The monoisotopic (exact) mass is 287 g/mol. The number of thiophene rings is 1.